The second-order valence-electron chi connectivity index (χ2n) is 5.94. The second-order valence-corrected chi connectivity index (χ2v) is 6.83. The molecule has 0 aliphatic heterocycles. The standard InChI is InChI=1S/C16H28N4O2S/c1-5-14(21)13(7-6-8-17)19-16(22)20(4)9-12-10-23-15(18-12)11(2)3/h10-11,13H,5-9,17H2,1-4H3,(H,19,22). The van der Waals surface area contributed by atoms with Crippen LogP contribution in [0.5, 0.6) is 0 Å². The minimum atomic E-state index is -0.458. The summed E-state index contributed by atoms with van der Waals surface area (Å²) in [6.07, 6.45) is 1.70. The molecule has 1 heterocycles. The molecule has 1 rings (SSSR count). The van der Waals surface area contributed by atoms with Gasteiger partial charge in [0.1, 0.15) is 0 Å². The molecule has 0 fully saturated rings. The number of carbonyl (C=O) groups is 2. The van der Waals surface area contributed by atoms with Gasteiger partial charge in [-0.15, -0.1) is 11.3 Å². The minimum Gasteiger partial charge on any atom is -0.330 e. The number of Topliss-reactive ketones (excluding diaryl/α,β-unsaturated/α-hetero) is 1. The van der Waals surface area contributed by atoms with E-state index in [0.717, 1.165) is 10.7 Å². The number of ketones is 1. The number of amides is 2. The predicted octanol–water partition coefficient (Wildman–Crippen LogP) is 2.49. The summed E-state index contributed by atoms with van der Waals surface area (Å²) in [5.74, 6) is 0.423. The van der Waals surface area contributed by atoms with E-state index in [4.69, 9.17) is 5.73 Å². The molecule has 0 aliphatic rings. The summed E-state index contributed by atoms with van der Waals surface area (Å²) in [7, 11) is 1.71. The molecule has 1 aromatic heterocycles. The van der Waals surface area contributed by atoms with Crippen LogP contribution in [-0.2, 0) is 11.3 Å². The van der Waals surface area contributed by atoms with Gasteiger partial charge in [-0.1, -0.05) is 20.8 Å². The van der Waals surface area contributed by atoms with E-state index in [1.165, 1.54) is 0 Å². The van der Waals surface area contributed by atoms with Gasteiger partial charge in [-0.05, 0) is 19.4 Å². The predicted molar refractivity (Wildman–Crippen MR) is 93.6 cm³/mol. The van der Waals surface area contributed by atoms with E-state index >= 15 is 0 Å². The Morgan fingerprint density at radius 2 is 2.13 bits per heavy atom. The van der Waals surface area contributed by atoms with Crippen LogP contribution in [0, 0.1) is 0 Å². The summed E-state index contributed by atoms with van der Waals surface area (Å²) in [5.41, 5.74) is 6.37. The maximum Gasteiger partial charge on any atom is 0.318 e. The monoisotopic (exact) mass is 340 g/mol. The number of thiazole rings is 1. The highest BCUT2D eigenvalue weighted by atomic mass is 32.1. The molecule has 6 nitrogen and oxygen atoms in total. The van der Waals surface area contributed by atoms with Gasteiger partial charge in [-0.25, -0.2) is 9.78 Å². The molecule has 0 bridgehead atoms. The Morgan fingerprint density at radius 3 is 2.65 bits per heavy atom. The number of nitrogens with one attached hydrogen (secondary N) is 1. The van der Waals surface area contributed by atoms with Crippen LogP contribution in [0.3, 0.4) is 0 Å². The fraction of sp³-hybridized carbons (Fsp3) is 0.688. The van der Waals surface area contributed by atoms with Gasteiger partial charge in [0.05, 0.1) is 23.3 Å². The van der Waals surface area contributed by atoms with Crippen molar-refractivity contribution in [2.45, 2.75) is 58.5 Å². The van der Waals surface area contributed by atoms with E-state index in [0.29, 0.717) is 38.3 Å². The summed E-state index contributed by atoms with van der Waals surface area (Å²) in [4.78, 5) is 30.3. The Morgan fingerprint density at radius 1 is 1.43 bits per heavy atom. The Hall–Kier alpha value is -1.47. The van der Waals surface area contributed by atoms with Crippen LogP contribution in [0.2, 0.25) is 0 Å². The van der Waals surface area contributed by atoms with Crippen molar-refractivity contribution in [2.24, 2.45) is 5.73 Å². The minimum absolute atomic E-state index is 0.0379. The van der Waals surface area contributed by atoms with Crippen molar-refractivity contribution in [3.05, 3.63) is 16.1 Å². The number of nitrogens with two attached hydrogens (primary N) is 1. The quantitative estimate of drug-likeness (QED) is 0.723. The molecule has 7 heteroatoms. The molecule has 1 unspecified atom stereocenters. The van der Waals surface area contributed by atoms with Crippen molar-refractivity contribution < 1.29 is 9.59 Å². The normalized spacial score (nSPS) is 12.3. The number of urea groups is 1. The van der Waals surface area contributed by atoms with Crippen molar-refractivity contribution in [1.82, 2.24) is 15.2 Å². The van der Waals surface area contributed by atoms with Crippen LogP contribution in [-0.4, -0.2) is 41.3 Å². The van der Waals surface area contributed by atoms with Crippen LogP contribution in [0.4, 0.5) is 4.79 Å². The third kappa shape index (κ3) is 6.27. The van der Waals surface area contributed by atoms with Gasteiger partial charge in [-0.2, -0.15) is 0 Å². The zero-order valence-corrected chi connectivity index (χ0v) is 15.3. The van der Waals surface area contributed by atoms with E-state index in [1.54, 1.807) is 30.2 Å². The molecule has 23 heavy (non-hydrogen) atoms. The maximum absolute atomic E-state index is 12.3. The first-order chi connectivity index (χ1) is 10.9. The van der Waals surface area contributed by atoms with Crippen LogP contribution >= 0.6 is 11.3 Å². The Kier molecular flexibility index (Phi) is 8.19. The average molecular weight is 340 g/mol. The SMILES string of the molecule is CCC(=O)C(CCCN)NC(=O)N(C)Cc1csc(C(C)C)n1. The average Bonchev–Trinajstić information content (AvgIpc) is 2.99. The first kappa shape index (κ1) is 19.6. The molecule has 0 spiro atoms. The van der Waals surface area contributed by atoms with Crippen LogP contribution in [0.25, 0.3) is 0 Å². The van der Waals surface area contributed by atoms with Crippen molar-refractivity contribution in [2.75, 3.05) is 13.6 Å². The number of carbonyl (C=O) groups excluding carboxylic acids is 2. The zero-order valence-electron chi connectivity index (χ0n) is 14.5. The summed E-state index contributed by atoms with van der Waals surface area (Å²) in [6.45, 7) is 6.93. The molecule has 1 aromatic rings. The number of nitrogens with zero attached hydrogens (tertiary/aromatic N) is 2. The van der Waals surface area contributed by atoms with Crippen molar-refractivity contribution >= 4 is 23.2 Å². The van der Waals surface area contributed by atoms with E-state index in [9.17, 15) is 9.59 Å². The molecule has 1 atom stereocenters. The van der Waals surface area contributed by atoms with Crippen molar-refractivity contribution in [3.63, 3.8) is 0 Å². The number of hydrogen-bond donors (Lipinski definition) is 2. The molecule has 3 N–H and O–H groups in total. The molecular formula is C16H28N4O2S. The highest BCUT2D eigenvalue weighted by Gasteiger charge is 2.21. The lowest BCUT2D eigenvalue weighted by Crippen LogP contribution is -2.46. The molecular weight excluding hydrogens is 312 g/mol. The summed E-state index contributed by atoms with van der Waals surface area (Å²) < 4.78 is 0. The third-order valence-corrected chi connectivity index (χ3v) is 4.74. The van der Waals surface area contributed by atoms with Crippen molar-refractivity contribution in [3.8, 4) is 0 Å². The highest BCUT2D eigenvalue weighted by Crippen LogP contribution is 2.19. The first-order valence-corrected chi connectivity index (χ1v) is 8.95. The maximum atomic E-state index is 12.3. The first-order valence-electron chi connectivity index (χ1n) is 8.07. The molecule has 0 aromatic carbocycles. The molecule has 0 saturated carbocycles. The molecule has 0 saturated heterocycles. The second kappa shape index (κ2) is 9.62. The Labute approximate surface area is 142 Å². The highest BCUT2D eigenvalue weighted by molar-refractivity contribution is 7.09. The van der Waals surface area contributed by atoms with Crippen LogP contribution < -0.4 is 11.1 Å². The van der Waals surface area contributed by atoms with Gasteiger partial charge in [-0.3, -0.25) is 4.79 Å². The molecule has 0 aliphatic carbocycles. The van der Waals surface area contributed by atoms with E-state index in [1.807, 2.05) is 5.38 Å². The van der Waals surface area contributed by atoms with E-state index in [2.05, 4.69) is 24.1 Å². The van der Waals surface area contributed by atoms with Gasteiger partial charge in [0, 0.05) is 24.8 Å². The van der Waals surface area contributed by atoms with Crippen molar-refractivity contribution in [1.29, 1.82) is 0 Å². The van der Waals surface area contributed by atoms with Crippen LogP contribution in [0.15, 0.2) is 5.38 Å². The largest absolute Gasteiger partial charge is 0.330 e. The zero-order chi connectivity index (χ0) is 17.4. The fourth-order valence-electron chi connectivity index (χ4n) is 2.12. The summed E-state index contributed by atoms with van der Waals surface area (Å²) >= 11 is 1.61. The lowest BCUT2D eigenvalue weighted by molar-refractivity contribution is -0.120. The van der Waals surface area contributed by atoms with Gasteiger partial charge in [0.2, 0.25) is 0 Å². The van der Waals surface area contributed by atoms with Gasteiger partial charge >= 0.3 is 6.03 Å². The smallest absolute Gasteiger partial charge is 0.318 e. The van der Waals surface area contributed by atoms with Gasteiger partial charge < -0.3 is 16.0 Å². The molecule has 130 valence electrons. The molecule has 0 radical (unpaired) electrons. The third-order valence-electron chi connectivity index (χ3n) is 3.54. The van der Waals surface area contributed by atoms with E-state index in [-0.39, 0.29) is 11.8 Å². The van der Waals surface area contributed by atoms with E-state index < -0.39 is 6.04 Å². The fourth-order valence-corrected chi connectivity index (χ4v) is 2.94. The lowest BCUT2D eigenvalue weighted by Gasteiger charge is -2.22. The summed E-state index contributed by atoms with van der Waals surface area (Å²) in [5, 5.41) is 5.85. The Bertz CT molecular complexity index is 516. The Balaban J connectivity index is 2.60. The van der Waals surface area contributed by atoms with Crippen LogP contribution in [0.1, 0.15) is 56.7 Å². The van der Waals surface area contributed by atoms with Gasteiger partial charge in [0.15, 0.2) is 5.78 Å². The van der Waals surface area contributed by atoms with Gasteiger partial charge in [0.25, 0.3) is 0 Å². The number of hydrogen-bond acceptors (Lipinski definition) is 5. The number of rotatable bonds is 9. The topological polar surface area (TPSA) is 88.3 Å². The number of aromatic nitrogens is 1. The summed E-state index contributed by atoms with van der Waals surface area (Å²) in [6, 6.07) is -0.715. The molecule has 2 amide bonds. The lowest BCUT2D eigenvalue weighted by atomic mass is 10.1.